The molecule has 1 aromatic heterocycles. The van der Waals surface area contributed by atoms with E-state index in [0.29, 0.717) is 24.4 Å². The summed E-state index contributed by atoms with van der Waals surface area (Å²) in [5, 5.41) is 6.05. The Morgan fingerprint density at radius 3 is 2.27 bits per heavy atom. The Hall–Kier alpha value is -4.45. The number of benzene rings is 1. The summed E-state index contributed by atoms with van der Waals surface area (Å²) >= 11 is 0. The van der Waals surface area contributed by atoms with Crippen LogP contribution in [0.1, 0.15) is 69.7 Å². The number of nitrogens with zero attached hydrogens (tertiary/aromatic N) is 2. The Morgan fingerprint density at radius 2 is 1.82 bits per heavy atom. The fourth-order valence-corrected chi connectivity index (χ4v) is 5.22. The number of likely N-dealkylation sites (tertiary alicyclic amines) is 1. The first kappa shape index (κ1) is 39.5. The third-order valence-corrected chi connectivity index (χ3v) is 7.43. The molecule has 8 nitrogen and oxygen atoms in total. The van der Waals surface area contributed by atoms with Crippen molar-refractivity contribution < 1.29 is 29.1 Å². The molecule has 2 fully saturated rings. The molecule has 0 bridgehead atoms. The number of rotatable bonds is 7. The van der Waals surface area contributed by atoms with E-state index in [1.165, 1.54) is 44.2 Å². The van der Waals surface area contributed by atoms with Crippen LogP contribution in [0, 0.1) is 50.4 Å². The summed E-state index contributed by atoms with van der Waals surface area (Å²) in [5.41, 5.74) is 1.30. The lowest BCUT2D eigenvalue weighted by atomic mass is 9.81. The van der Waals surface area contributed by atoms with Gasteiger partial charge in [0.2, 0.25) is 6.41 Å². The van der Waals surface area contributed by atoms with E-state index in [2.05, 4.69) is 95.0 Å². The zero-order chi connectivity index (χ0) is 33.2. The minimum Gasteiger partial charge on any atom is -0.493 e. The second-order valence-electron chi connectivity index (χ2n) is 10.3. The molecular weight excluding hydrogens is 552 g/mol. The number of terminal acetylenes is 3. The Morgan fingerprint density at radius 1 is 1.11 bits per heavy atom. The molecule has 1 aliphatic carbocycles. The number of aromatic nitrogens is 2. The van der Waals surface area contributed by atoms with E-state index in [-0.39, 0.29) is 0 Å². The van der Waals surface area contributed by atoms with Gasteiger partial charge in [-0.2, -0.15) is 0 Å². The standard InChI is InChI=1S/C13H19NO2.C12H17NO.C5H8N2O.3C2H2/c1-3-16-13-11(10-7-8-14-9-10)5-4-6-12(13)15-2;14-10-13-8-6-12(7-9-13)11-4-2-1-3-5-11;1-4(2)5-6-3-8-7-5;3*1-2/h4-6,10,14H,3,7-9H2,1-2H3;1-4,10-12H,5-9H2;3-4H,1-2H3;3*1-2H/p+2/t10-;;;;;/m0...../s1. The van der Waals surface area contributed by atoms with Crippen molar-refractivity contribution in [3.8, 4) is 50.0 Å². The van der Waals surface area contributed by atoms with Crippen LogP contribution >= 0.6 is 0 Å². The van der Waals surface area contributed by atoms with Gasteiger partial charge in [0.1, 0.15) is 0 Å². The molecule has 1 unspecified atom stereocenters. The largest absolute Gasteiger partial charge is 0.493 e. The molecule has 0 spiro atoms. The third-order valence-electron chi connectivity index (χ3n) is 7.43. The topological polar surface area (TPSA) is 95.5 Å². The van der Waals surface area contributed by atoms with E-state index in [1.807, 2.05) is 31.7 Å². The van der Waals surface area contributed by atoms with E-state index >= 15 is 0 Å². The van der Waals surface area contributed by atoms with Crippen LogP contribution in [0.3, 0.4) is 0 Å². The molecule has 0 saturated carbocycles. The van der Waals surface area contributed by atoms with Gasteiger partial charge in [0.15, 0.2) is 16.7 Å². The lowest BCUT2D eigenvalue weighted by Gasteiger charge is -2.33. The van der Waals surface area contributed by atoms with Gasteiger partial charge in [-0.15, -0.1) is 38.5 Å². The Labute approximate surface area is 265 Å². The zero-order valence-corrected chi connectivity index (χ0v) is 26.9. The fraction of sp³-hybridized carbons (Fsp3) is 0.472. The quantitative estimate of drug-likeness (QED) is 0.371. The first-order valence-electron chi connectivity index (χ1n) is 15.0. The average molecular weight is 605 g/mol. The molecule has 2 saturated heterocycles. The zero-order valence-electron chi connectivity index (χ0n) is 26.9. The van der Waals surface area contributed by atoms with Crippen molar-refractivity contribution in [2.24, 2.45) is 11.8 Å². The molecule has 2 aromatic rings. The summed E-state index contributed by atoms with van der Waals surface area (Å²) in [7, 11) is 1.70. The average Bonchev–Trinajstić information content (AvgIpc) is 3.85. The van der Waals surface area contributed by atoms with Gasteiger partial charge >= 0.3 is 12.2 Å². The number of para-hydroxylation sites is 1. The molecular formula is C36H52N4O4+2. The molecule has 1 amide bonds. The minimum atomic E-state index is 0.425. The summed E-state index contributed by atoms with van der Waals surface area (Å²) < 4.78 is 15.7. The number of allylic oxidation sites excluding steroid dienone is 4. The van der Waals surface area contributed by atoms with Gasteiger partial charge < -0.3 is 19.7 Å². The number of nitrogens with one attached hydrogen (secondary N) is 1. The van der Waals surface area contributed by atoms with Crippen LogP contribution in [0.4, 0.5) is 0 Å². The highest BCUT2D eigenvalue weighted by Crippen LogP contribution is 2.37. The molecule has 3 N–H and O–H groups in total. The summed E-state index contributed by atoms with van der Waals surface area (Å²) in [6.07, 6.45) is 40.0. The second-order valence-corrected chi connectivity index (χ2v) is 10.3. The summed E-state index contributed by atoms with van der Waals surface area (Å²) in [5.74, 6) is 5.22. The maximum absolute atomic E-state index is 10.5. The molecule has 44 heavy (non-hydrogen) atoms. The molecule has 1 aromatic carbocycles. The van der Waals surface area contributed by atoms with Gasteiger partial charge in [-0.1, -0.05) is 50.3 Å². The third kappa shape index (κ3) is 13.7. The number of quaternary nitrogens is 1. The lowest BCUT2D eigenvalue weighted by molar-refractivity contribution is -0.636. The van der Waals surface area contributed by atoms with Gasteiger partial charge in [0, 0.05) is 31.0 Å². The molecule has 2 atom stereocenters. The molecule has 3 aliphatic rings. The number of carbonyl (C=O) groups is 1. The smallest absolute Gasteiger partial charge is 0.348 e. The van der Waals surface area contributed by atoms with Gasteiger partial charge in [-0.25, -0.2) is 9.51 Å². The van der Waals surface area contributed by atoms with E-state index in [0.717, 1.165) is 49.3 Å². The van der Waals surface area contributed by atoms with Crippen LogP contribution in [0.25, 0.3) is 0 Å². The lowest BCUT2D eigenvalue weighted by Crippen LogP contribution is -2.81. The number of piperidine rings is 1. The van der Waals surface area contributed by atoms with E-state index < -0.39 is 0 Å². The Balaban J connectivity index is 0.000000602. The normalized spacial score (nSPS) is 18.1. The van der Waals surface area contributed by atoms with Gasteiger partial charge in [0.25, 0.3) is 0 Å². The second kappa shape index (κ2) is 25.1. The van der Waals surface area contributed by atoms with Crippen molar-refractivity contribution in [3.63, 3.8) is 0 Å². The van der Waals surface area contributed by atoms with Crippen LogP contribution in [0.15, 0.2) is 53.4 Å². The molecule has 2 aliphatic heterocycles. The molecule has 5 rings (SSSR count). The van der Waals surface area contributed by atoms with Crippen molar-refractivity contribution in [2.45, 2.75) is 58.3 Å². The highest BCUT2D eigenvalue weighted by Gasteiger charge is 2.25. The summed E-state index contributed by atoms with van der Waals surface area (Å²) in [6.45, 7) is 11.1. The van der Waals surface area contributed by atoms with Crippen LogP contribution in [0.2, 0.25) is 0 Å². The van der Waals surface area contributed by atoms with E-state index in [9.17, 15) is 4.79 Å². The number of carbonyl (C=O) groups excluding carboxylic acids is 1. The van der Waals surface area contributed by atoms with Gasteiger partial charge in [-0.3, -0.25) is 4.79 Å². The fourth-order valence-electron chi connectivity index (χ4n) is 5.22. The predicted octanol–water partition coefficient (Wildman–Crippen LogP) is 4.49. The number of amides is 1. The number of hydrogen-bond acceptors (Lipinski definition) is 5. The van der Waals surface area contributed by atoms with Crippen molar-refractivity contribution >= 4 is 6.41 Å². The Kier molecular flexibility index (Phi) is 22.5. The van der Waals surface area contributed by atoms with Crippen LogP contribution < -0.4 is 19.8 Å². The number of ether oxygens (including phenoxy) is 2. The number of aromatic amines is 1. The Bertz CT molecular complexity index is 1110. The maximum atomic E-state index is 10.5. The number of hydrogen-bond donors (Lipinski definition) is 1. The van der Waals surface area contributed by atoms with E-state index in [4.69, 9.17) is 9.47 Å². The van der Waals surface area contributed by atoms with Crippen molar-refractivity contribution in [3.05, 3.63) is 60.3 Å². The molecule has 0 radical (unpaired) electrons. The maximum Gasteiger partial charge on any atom is 0.348 e. The SMILES string of the molecule is C#C.C#C.C#C.CC(C)c1noc[nH+]1.CCOc1c(OC)cccc1[C@H]1CC[NH2+]C1.O=CN1CCC(C2C=CC=CC2)CC1. The van der Waals surface area contributed by atoms with Crippen LogP contribution in [-0.4, -0.2) is 56.4 Å². The first-order valence-corrected chi connectivity index (χ1v) is 15.0. The number of H-pyrrole nitrogens is 1. The summed E-state index contributed by atoms with van der Waals surface area (Å²) in [4.78, 5) is 15.3. The first-order chi connectivity index (χ1) is 21.6. The van der Waals surface area contributed by atoms with Gasteiger partial charge in [0.05, 0.1) is 32.7 Å². The minimum absolute atomic E-state index is 0.425. The highest BCUT2D eigenvalue weighted by atomic mass is 16.5. The van der Waals surface area contributed by atoms with Crippen molar-refractivity contribution in [1.82, 2.24) is 10.1 Å². The monoisotopic (exact) mass is 604 g/mol. The van der Waals surface area contributed by atoms with Crippen molar-refractivity contribution in [2.75, 3.05) is 39.9 Å². The number of methoxy groups -OCH3 is 1. The molecule has 8 heteroatoms. The van der Waals surface area contributed by atoms with Crippen LogP contribution in [-0.2, 0) is 4.79 Å². The van der Waals surface area contributed by atoms with Crippen molar-refractivity contribution in [1.29, 1.82) is 0 Å². The predicted molar refractivity (Wildman–Crippen MR) is 177 cm³/mol. The summed E-state index contributed by atoms with van der Waals surface area (Å²) in [6, 6.07) is 6.18. The number of nitrogens with two attached hydrogens (primary N) is 1. The highest BCUT2D eigenvalue weighted by molar-refractivity contribution is 5.48. The van der Waals surface area contributed by atoms with E-state index in [1.54, 1.807) is 7.11 Å². The van der Waals surface area contributed by atoms with Gasteiger partial charge in [-0.05, 0) is 44.1 Å². The van der Waals surface area contributed by atoms with Crippen LogP contribution in [0.5, 0.6) is 11.5 Å². The molecule has 238 valence electrons. The molecule has 3 heterocycles.